The number of hydrogen-bond acceptors (Lipinski definition) is 5. The average Bonchev–Trinajstić information content (AvgIpc) is 3.11. The summed E-state index contributed by atoms with van der Waals surface area (Å²) in [5, 5.41) is -0.511. The lowest BCUT2D eigenvalue weighted by atomic mass is 10.1. The van der Waals surface area contributed by atoms with Crippen LogP contribution < -0.4 is 0 Å². The van der Waals surface area contributed by atoms with Gasteiger partial charge >= 0.3 is 6.18 Å². The van der Waals surface area contributed by atoms with Gasteiger partial charge in [-0.25, -0.2) is 0 Å². The summed E-state index contributed by atoms with van der Waals surface area (Å²) >= 11 is 0.750. The van der Waals surface area contributed by atoms with Gasteiger partial charge in [-0.05, 0) is 53.2 Å². The van der Waals surface area contributed by atoms with E-state index in [1.54, 1.807) is 34.1 Å². The van der Waals surface area contributed by atoms with Gasteiger partial charge in [0.05, 0.1) is 17.0 Å². The predicted molar refractivity (Wildman–Crippen MR) is 128 cm³/mol. The lowest BCUT2D eigenvalue weighted by molar-refractivity contribution is -0.137. The quantitative estimate of drug-likeness (QED) is 0.567. The number of thioether (sulfide) groups is 1. The molecule has 0 bridgehead atoms. The maximum absolute atomic E-state index is 12.8. The molecule has 36 heavy (non-hydrogen) atoms. The Morgan fingerprint density at radius 3 is 2.06 bits per heavy atom. The van der Waals surface area contributed by atoms with Crippen LogP contribution in [0.3, 0.4) is 0 Å². The smallest absolute Gasteiger partial charge is 0.339 e. The lowest BCUT2D eigenvalue weighted by Gasteiger charge is -2.34. The molecule has 2 aromatic carbocycles. The van der Waals surface area contributed by atoms with Crippen LogP contribution in [0.25, 0.3) is 6.08 Å². The minimum Gasteiger partial charge on any atom is -0.339 e. The van der Waals surface area contributed by atoms with Gasteiger partial charge in [0.2, 0.25) is 5.91 Å². The van der Waals surface area contributed by atoms with Crippen LogP contribution in [0.1, 0.15) is 34.0 Å². The third-order valence-corrected chi connectivity index (χ3v) is 6.87. The molecule has 4 rings (SSSR count). The van der Waals surface area contributed by atoms with Crippen LogP contribution in [0.4, 0.5) is 18.0 Å². The van der Waals surface area contributed by atoms with Crippen molar-refractivity contribution in [2.24, 2.45) is 0 Å². The topological polar surface area (TPSA) is 78.0 Å². The molecule has 0 unspecified atom stereocenters. The van der Waals surface area contributed by atoms with E-state index in [1.807, 2.05) is 0 Å². The second kappa shape index (κ2) is 10.2. The third-order valence-electron chi connectivity index (χ3n) is 5.96. The molecule has 2 aliphatic heterocycles. The molecule has 2 heterocycles. The maximum atomic E-state index is 12.8. The Morgan fingerprint density at radius 2 is 1.50 bits per heavy atom. The minimum atomic E-state index is -4.46. The summed E-state index contributed by atoms with van der Waals surface area (Å²) in [6, 6.07) is 10.9. The zero-order valence-corrected chi connectivity index (χ0v) is 20.1. The van der Waals surface area contributed by atoms with E-state index in [4.69, 9.17) is 0 Å². The van der Waals surface area contributed by atoms with E-state index in [0.717, 1.165) is 28.8 Å². The average molecular weight is 518 g/mol. The molecule has 4 amide bonds. The molecule has 2 saturated heterocycles. The molecule has 2 fully saturated rings. The van der Waals surface area contributed by atoms with E-state index in [9.17, 15) is 32.3 Å². The third kappa shape index (κ3) is 5.62. The van der Waals surface area contributed by atoms with Crippen molar-refractivity contribution < 1.29 is 32.3 Å². The normalized spacial score (nSPS) is 17.8. The first-order valence-electron chi connectivity index (χ1n) is 11.1. The van der Waals surface area contributed by atoms with Crippen LogP contribution in [-0.4, -0.2) is 63.8 Å². The zero-order chi connectivity index (χ0) is 26.0. The van der Waals surface area contributed by atoms with Crippen molar-refractivity contribution in [2.75, 3.05) is 26.2 Å². The van der Waals surface area contributed by atoms with Crippen LogP contribution >= 0.6 is 11.8 Å². The van der Waals surface area contributed by atoms with Gasteiger partial charge in [0.25, 0.3) is 17.1 Å². The van der Waals surface area contributed by atoms with Gasteiger partial charge in [0.15, 0.2) is 0 Å². The maximum Gasteiger partial charge on any atom is 0.416 e. The highest BCUT2D eigenvalue weighted by Crippen LogP contribution is 2.34. The van der Waals surface area contributed by atoms with E-state index < -0.39 is 22.9 Å². The Morgan fingerprint density at radius 1 is 0.917 bits per heavy atom. The molecule has 11 heteroatoms. The Labute approximate surface area is 209 Å². The van der Waals surface area contributed by atoms with Crippen molar-refractivity contribution >= 4 is 40.8 Å². The molecule has 0 aromatic heterocycles. The lowest BCUT2D eigenvalue weighted by Crippen LogP contribution is -2.50. The standard InChI is InChI=1S/C25H22F3N3O4S/c1-16(32)29-10-12-30(13-11-29)22(33)19-6-2-17(3-7-19)14-21-23(34)31(24(35)36-21)15-18-4-8-20(9-5-18)25(26,27)28/h2-9,14H,10-13,15H2,1H3. The van der Waals surface area contributed by atoms with Crippen molar-refractivity contribution in [3.05, 3.63) is 75.7 Å². The molecule has 0 N–H and O–H groups in total. The molecule has 0 atom stereocenters. The fourth-order valence-electron chi connectivity index (χ4n) is 3.90. The summed E-state index contributed by atoms with van der Waals surface area (Å²) in [6.45, 7) is 3.24. The van der Waals surface area contributed by atoms with Crippen LogP contribution in [0.15, 0.2) is 53.4 Å². The first-order chi connectivity index (χ1) is 17.0. The number of rotatable bonds is 4. The molecule has 0 aliphatic carbocycles. The van der Waals surface area contributed by atoms with Crippen LogP contribution in [0.5, 0.6) is 0 Å². The Bertz CT molecular complexity index is 1220. The Hall–Kier alpha value is -3.60. The number of imide groups is 1. The summed E-state index contributed by atoms with van der Waals surface area (Å²) in [5.74, 6) is -0.703. The number of carbonyl (C=O) groups excluding carboxylic acids is 4. The van der Waals surface area contributed by atoms with Crippen molar-refractivity contribution in [3.8, 4) is 0 Å². The Balaban J connectivity index is 1.40. The number of carbonyl (C=O) groups is 4. The second-order valence-corrected chi connectivity index (χ2v) is 9.38. The molecule has 188 valence electrons. The fraction of sp³-hybridized carbons (Fsp3) is 0.280. The van der Waals surface area contributed by atoms with Crippen molar-refractivity contribution in [1.29, 1.82) is 0 Å². The molecular weight excluding hydrogens is 495 g/mol. The number of benzene rings is 2. The number of halogens is 3. The van der Waals surface area contributed by atoms with Gasteiger partial charge in [0, 0.05) is 38.7 Å². The van der Waals surface area contributed by atoms with Crippen LogP contribution in [-0.2, 0) is 22.3 Å². The summed E-state index contributed by atoms with van der Waals surface area (Å²) in [6.07, 6.45) is -2.92. The van der Waals surface area contributed by atoms with E-state index in [0.29, 0.717) is 42.9 Å². The summed E-state index contributed by atoms with van der Waals surface area (Å²) in [4.78, 5) is 53.9. The van der Waals surface area contributed by atoms with Gasteiger partial charge in [-0.1, -0.05) is 24.3 Å². The van der Waals surface area contributed by atoms with Gasteiger partial charge in [-0.3, -0.25) is 24.1 Å². The number of nitrogens with zero attached hydrogens (tertiary/aromatic N) is 3. The van der Waals surface area contributed by atoms with E-state index in [2.05, 4.69) is 0 Å². The Kier molecular flexibility index (Phi) is 7.21. The summed E-state index contributed by atoms with van der Waals surface area (Å²) < 4.78 is 38.2. The SMILES string of the molecule is CC(=O)N1CCN(C(=O)c2ccc(C=C3SC(=O)N(Cc4ccc(C(F)(F)F)cc4)C3=O)cc2)CC1. The molecular formula is C25H22F3N3O4S. The summed E-state index contributed by atoms with van der Waals surface area (Å²) in [5.41, 5.74) is 0.686. The molecule has 2 aliphatic rings. The van der Waals surface area contributed by atoms with Crippen molar-refractivity contribution in [1.82, 2.24) is 14.7 Å². The largest absolute Gasteiger partial charge is 0.416 e. The zero-order valence-electron chi connectivity index (χ0n) is 19.2. The molecule has 7 nitrogen and oxygen atoms in total. The highest BCUT2D eigenvalue weighted by Gasteiger charge is 2.35. The highest BCUT2D eigenvalue weighted by molar-refractivity contribution is 8.18. The highest BCUT2D eigenvalue weighted by atomic mass is 32.2. The first kappa shape index (κ1) is 25.5. The van der Waals surface area contributed by atoms with Crippen molar-refractivity contribution in [2.45, 2.75) is 19.6 Å². The van der Waals surface area contributed by atoms with Crippen molar-refractivity contribution in [3.63, 3.8) is 0 Å². The van der Waals surface area contributed by atoms with Crippen LogP contribution in [0, 0.1) is 0 Å². The molecule has 0 saturated carbocycles. The number of piperazine rings is 1. The van der Waals surface area contributed by atoms with E-state index in [1.165, 1.54) is 25.1 Å². The van der Waals surface area contributed by atoms with Gasteiger partial charge in [0.1, 0.15) is 0 Å². The monoisotopic (exact) mass is 517 g/mol. The number of hydrogen-bond donors (Lipinski definition) is 0. The van der Waals surface area contributed by atoms with Gasteiger partial charge in [-0.15, -0.1) is 0 Å². The summed E-state index contributed by atoms with van der Waals surface area (Å²) in [7, 11) is 0. The van der Waals surface area contributed by atoms with E-state index in [-0.39, 0.29) is 23.3 Å². The molecule has 0 radical (unpaired) electrons. The van der Waals surface area contributed by atoms with E-state index >= 15 is 0 Å². The van der Waals surface area contributed by atoms with Gasteiger partial charge < -0.3 is 9.80 Å². The first-order valence-corrected chi connectivity index (χ1v) is 11.9. The second-order valence-electron chi connectivity index (χ2n) is 8.38. The fourth-order valence-corrected chi connectivity index (χ4v) is 4.74. The number of alkyl halides is 3. The molecule has 0 spiro atoms. The van der Waals surface area contributed by atoms with Gasteiger partial charge in [-0.2, -0.15) is 13.2 Å². The minimum absolute atomic E-state index is 0.0183. The van der Waals surface area contributed by atoms with Crippen LogP contribution in [0.2, 0.25) is 0 Å². The number of amides is 4. The predicted octanol–water partition coefficient (Wildman–Crippen LogP) is 4.25. The molecule has 2 aromatic rings.